The minimum Gasteiger partial charge on any atom is -0.342 e. The SMILES string of the molecule is CCC1(C)NC(=O)CC(C)N(CCC(F)(F)F)C1=O. The molecule has 0 aromatic heterocycles. The van der Waals surface area contributed by atoms with Gasteiger partial charge in [-0.3, -0.25) is 9.59 Å². The van der Waals surface area contributed by atoms with Gasteiger partial charge in [0.05, 0.1) is 6.42 Å². The number of hydrogen-bond donors (Lipinski definition) is 1. The maximum Gasteiger partial charge on any atom is 0.390 e. The Hall–Kier alpha value is -1.27. The fourth-order valence-electron chi connectivity index (χ4n) is 2.12. The van der Waals surface area contributed by atoms with Crippen LogP contribution in [0.5, 0.6) is 0 Å². The summed E-state index contributed by atoms with van der Waals surface area (Å²) in [5.41, 5.74) is -1.12. The van der Waals surface area contributed by atoms with E-state index in [0.717, 1.165) is 4.90 Å². The third kappa shape index (κ3) is 3.84. The van der Waals surface area contributed by atoms with Gasteiger partial charge in [-0.25, -0.2) is 0 Å². The van der Waals surface area contributed by atoms with Crippen LogP contribution in [-0.2, 0) is 9.59 Å². The number of nitrogens with zero attached hydrogens (tertiary/aromatic N) is 1. The van der Waals surface area contributed by atoms with E-state index in [9.17, 15) is 22.8 Å². The van der Waals surface area contributed by atoms with E-state index in [4.69, 9.17) is 0 Å². The van der Waals surface area contributed by atoms with Crippen molar-refractivity contribution in [2.45, 2.75) is 57.8 Å². The summed E-state index contributed by atoms with van der Waals surface area (Å²) in [7, 11) is 0. The molecule has 0 radical (unpaired) electrons. The lowest BCUT2D eigenvalue weighted by Crippen LogP contribution is -2.55. The molecule has 0 aromatic rings. The van der Waals surface area contributed by atoms with Gasteiger partial charge >= 0.3 is 6.18 Å². The number of hydrogen-bond acceptors (Lipinski definition) is 2. The molecule has 0 saturated carbocycles. The molecular weight excluding hydrogens is 261 g/mol. The molecule has 2 unspecified atom stereocenters. The molecular formula is C12H19F3N2O2. The van der Waals surface area contributed by atoms with Crippen LogP contribution < -0.4 is 5.32 Å². The normalized spacial score (nSPS) is 29.2. The molecule has 0 aliphatic carbocycles. The molecule has 1 aliphatic heterocycles. The number of halogens is 3. The van der Waals surface area contributed by atoms with E-state index in [1.807, 2.05) is 0 Å². The van der Waals surface area contributed by atoms with Gasteiger partial charge in [0.2, 0.25) is 11.8 Å². The first kappa shape index (κ1) is 15.8. The van der Waals surface area contributed by atoms with Crippen LogP contribution in [0.1, 0.15) is 40.0 Å². The molecule has 0 aromatic carbocycles. The Morgan fingerprint density at radius 2 is 2.00 bits per heavy atom. The van der Waals surface area contributed by atoms with Crippen molar-refractivity contribution in [2.75, 3.05) is 6.54 Å². The van der Waals surface area contributed by atoms with Crippen molar-refractivity contribution in [3.05, 3.63) is 0 Å². The summed E-state index contributed by atoms with van der Waals surface area (Å²) in [6, 6.07) is -0.525. The Morgan fingerprint density at radius 1 is 1.42 bits per heavy atom. The predicted octanol–water partition coefficient (Wildman–Crippen LogP) is 1.84. The fraction of sp³-hybridized carbons (Fsp3) is 0.833. The van der Waals surface area contributed by atoms with Crippen molar-refractivity contribution in [1.82, 2.24) is 10.2 Å². The Balaban J connectivity index is 2.92. The van der Waals surface area contributed by atoms with Crippen LogP contribution in [0.15, 0.2) is 0 Å². The number of amides is 2. The third-order valence-corrected chi connectivity index (χ3v) is 3.50. The molecule has 4 nitrogen and oxygen atoms in total. The van der Waals surface area contributed by atoms with E-state index >= 15 is 0 Å². The number of nitrogens with one attached hydrogen (secondary N) is 1. The highest BCUT2D eigenvalue weighted by Crippen LogP contribution is 2.25. The van der Waals surface area contributed by atoms with Crippen LogP contribution in [0.3, 0.4) is 0 Å². The minimum absolute atomic E-state index is 0.0270. The lowest BCUT2D eigenvalue weighted by atomic mass is 9.97. The lowest BCUT2D eigenvalue weighted by Gasteiger charge is -2.33. The summed E-state index contributed by atoms with van der Waals surface area (Å²) in [6.07, 6.45) is -5.00. The zero-order valence-electron chi connectivity index (χ0n) is 11.3. The molecule has 0 bridgehead atoms. The smallest absolute Gasteiger partial charge is 0.342 e. The van der Waals surface area contributed by atoms with Crippen LogP contribution in [0.2, 0.25) is 0 Å². The number of rotatable bonds is 3. The first-order chi connectivity index (χ1) is 8.59. The molecule has 1 aliphatic rings. The standard InChI is InChI=1S/C12H19F3N2O2/c1-4-11(3)10(19)17(6-5-12(13,14)15)8(2)7-9(18)16-11/h8H,4-7H2,1-3H3,(H,16,18). The Labute approximate surface area is 110 Å². The van der Waals surface area contributed by atoms with Crippen LogP contribution in [0.25, 0.3) is 0 Å². The van der Waals surface area contributed by atoms with E-state index in [1.54, 1.807) is 20.8 Å². The van der Waals surface area contributed by atoms with E-state index in [-0.39, 0.29) is 12.3 Å². The van der Waals surface area contributed by atoms with Crippen molar-refractivity contribution < 1.29 is 22.8 Å². The zero-order chi connectivity index (χ0) is 14.8. The van der Waals surface area contributed by atoms with Crippen LogP contribution in [0.4, 0.5) is 13.2 Å². The fourth-order valence-corrected chi connectivity index (χ4v) is 2.12. The summed E-state index contributed by atoms with van der Waals surface area (Å²) in [4.78, 5) is 25.1. The highest BCUT2D eigenvalue weighted by atomic mass is 19.4. The summed E-state index contributed by atoms with van der Waals surface area (Å²) in [5, 5.41) is 2.60. The van der Waals surface area contributed by atoms with Crippen molar-refractivity contribution in [3.63, 3.8) is 0 Å². The van der Waals surface area contributed by atoms with E-state index in [1.165, 1.54) is 0 Å². The summed E-state index contributed by atoms with van der Waals surface area (Å²) in [5.74, 6) is -0.752. The second-order valence-electron chi connectivity index (χ2n) is 5.15. The molecule has 1 rings (SSSR count). The first-order valence-corrected chi connectivity index (χ1v) is 6.28. The third-order valence-electron chi connectivity index (χ3n) is 3.50. The second kappa shape index (κ2) is 5.38. The highest BCUT2D eigenvalue weighted by molar-refractivity contribution is 5.93. The molecule has 110 valence electrons. The van der Waals surface area contributed by atoms with Crippen LogP contribution in [0, 0.1) is 0 Å². The molecule has 1 heterocycles. The van der Waals surface area contributed by atoms with Gasteiger partial charge in [-0.15, -0.1) is 0 Å². The van der Waals surface area contributed by atoms with Gasteiger partial charge in [-0.1, -0.05) is 6.92 Å². The Bertz CT molecular complexity index is 370. The molecule has 0 spiro atoms. The van der Waals surface area contributed by atoms with Crippen LogP contribution in [-0.4, -0.2) is 41.0 Å². The zero-order valence-corrected chi connectivity index (χ0v) is 11.3. The van der Waals surface area contributed by atoms with Crippen molar-refractivity contribution in [3.8, 4) is 0 Å². The van der Waals surface area contributed by atoms with Crippen molar-refractivity contribution in [1.29, 1.82) is 0 Å². The number of alkyl halides is 3. The lowest BCUT2D eigenvalue weighted by molar-refractivity contribution is -0.150. The van der Waals surface area contributed by atoms with Gasteiger partial charge in [0.25, 0.3) is 0 Å². The number of carbonyl (C=O) groups is 2. The molecule has 19 heavy (non-hydrogen) atoms. The number of carbonyl (C=O) groups excluding carboxylic acids is 2. The topological polar surface area (TPSA) is 49.4 Å². The van der Waals surface area contributed by atoms with E-state index in [0.29, 0.717) is 6.42 Å². The Kier molecular flexibility index (Phi) is 4.47. The Morgan fingerprint density at radius 3 is 2.47 bits per heavy atom. The predicted molar refractivity (Wildman–Crippen MR) is 63.3 cm³/mol. The maximum atomic E-state index is 12.3. The van der Waals surface area contributed by atoms with Gasteiger partial charge in [-0.05, 0) is 20.3 Å². The minimum atomic E-state index is -4.31. The average molecular weight is 280 g/mol. The molecule has 7 heteroatoms. The molecule has 1 N–H and O–H groups in total. The molecule has 2 amide bonds. The molecule has 1 fully saturated rings. The van der Waals surface area contributed by atoms with Gasteiger partial charge in [-0.2, -0.15) is 13.2 Å². The van der Waals surface area contributed by atoms with Gasteiger partial charge in [0.1, 0.15) is 5.54 Å². The van der Waals surface area contributed by atoms with Gasteiger partial charge in [0.15, 0.2) is 0 Å². The van der Waals surface area contributed by atoms with Crippen molar-refractivity contribution in [2.24, 2.45) is 0 Å². The van der Waals surface area contributed by atoms with E-state index < -0.39 is 36.6 Å². The quantitative estimate of drug-likeness (QED) is 0.857. The molecule has 1 saturated heterocycles. The second-order valence-corrected chi connectivity index (χ2v) is 5.15. The van der Waals surface area contributed by atoms with Gasteiger partial charge in [0, 0.05) is 19.0 Å². The molecule has 2 atom stereocenters. The monoisotopic (exact) mass is 280 g/mol. The van der Waals surface area contributed by atoms with E-state index in [2.05, 4.69) is 5.32 Å². The highest BCUT2D eigenvalue weighted by Gasteiger charge is 2.42. The summed E-state index contributed by atoms with van der Waals surface area (Å²) < 4.78 is 36.9. The first-order valence-electron chi connectivity index (χ1n) is 6.28. The maximum absolute atomic E-state index is 12.3. The van der Waals surface area contributed by atoms with Crippen molar-refractivity contribution >= 4 is 11.8 Å². The largest absolute Gasteiger partial charge is 0.390 e. The van der Waals surface area contributed by atoms with Crippen LogP contribution >= 0.6 is 0 Å². The van der Waals surface area contributed by atoms with Gasteiger partial charge < -0.3 is 10.2 Å². The average Bonchev–Trinajstić information content (AvgIpc) is 2.33. The summed E-state index contributed by atoms with van der Waals surface area (Å²) >= 11 is 0. The summed E-state index contributed by atoms with van der Waals surface area (Å²) in [6.45, 7) is 4.45.